The molecule has 4 aromatic rings. The molecular formula is C21H16BrNO6S. The zero-order valence-electron chi connectivity index (χ0n) is 15.5. The van der Waals surface area contributed by atoms with Gasteiger partial charge in [0.2, 0.25) is 14.9 Å². The number of rotatable bonds is 7. The summed E-state index contributed by atoms with van der Waals surface area (Å²) in [5.41, 5.74) is 0. The number of halogens is 1. The van der Waals surface area contributed by atoms with E-state index in [0.29, 0.717) is 11.5 Å². The van der Waals surface area contributed by atoms with Crippen LogP contribution in [0.15, 0.2) is 101 Å². The molecule has 1 aromatic carbocycles. The van der Waals surface area contributed by atoms with Gasteiger partial charge in [-0.3, -0.25) is 4.79 Å². The van der Waals surface area contributed by atoms with Crippen LogP contribution in [0.25, 0.3) is 0 Å². The summed E-state index contributed by atoms with van der Waals surface area (Å²) in [6.07, 6.45) is 3.03. The van der Waals surface area contributed by atoms with E-state index in [9.17, 15) is 13.2 Å². The maximum atomic E-state index is 13.1. The van der Waals surface area contributed by atoms with E-state index in [1.807, 2.05) is 0 Å². The van der Waals surface area contributed by atoms with E-state index in [4.69, 9.17) is 13.3 Å². The lowest BCUT2D eigenvalue weighted by molar-refractivity contribution is 0.0666. The minimum Gasteiger partial charge on any atom is -0.467 e. The lowest BCUT2D eigenvalue weighted by atomic mass is 10.3. The van der Waals surface area contributed by atoms with Crippen LogP contribution in [0.4, 0.5) is 0 Å². The van der Waals surface area contributed by atoms with Gasteiger partial charge in [-0.25, -0.2) is 8.42 Å². The van der Waals surface area contributed by atoms with Gasteiger partial charge in [-0.05, 0) is 60.7 Å². The number of nitrogens with zero attached hydrogens (tertiary/aromatic N) is 1. The van der Waals surface area contributed by atoms with Crippen molar-refractivity contribution in [2.24, 2.45) is 0 Å². The minimum absolute atomic E-state index is 0.0714. The molecule has 3 aromatic heterocycles. The summed E-state index contributed by atoms with van der Waals surface area (Å²) in [6, 6.07) is 15.7. The average Bonchev–Trinajstić information content (AvgIpc) is 3.50. The fraction of sp³-hybridized carbons (Fsp3) is 0.0952. The highest BCUT2D eigenvalue weighted by molar-refractivity contribution is 9.10. The first-order valence-corrected chi connectivity index (χ1v) is 11.2. The van der Waals surface area contributed by atoms with E-state index in [2.05, 4.69) is 15.9 Å². The van der Waals surface area contributed by atoms with E-state index >= 15 is 0 Å². The highest BCUT2D eigenvalue weighted by Gasteiger charge is 2.26. The van der Waals surface area contributed by atoms with Gasteiger partial charge in [-0.15, -0.1) is 0 Å². The van der Waals surface area contributed by atoms with Crippen molar-refractivity contribution in [2.45, 2.75) is 23.1 Å². The van der Waals surface area contributed by atoms with Crippen molar-refractivity contribution in [3.8, 4) is 0 Å². The van der Waals surface area contributed by atoms with Crippen LogP contribution in [0.1, 0.15) is 22.1 Å². The fourth-order valence-corrected chi connectivity index (χ4v) is 4.28. The maximum Gasteiger partial charge on any atom is 0.290 e. The van der Waals surface area contributed by atoms with Crippen molar-refractivity contribution in [3.05, 3.63) is 94.9 Å². The molecule has 0 bridgehead atoms. The summed E-state index contributed by atoms with van der Waals surface area (Å²) in [4.78, 5) is 14.6. The first kappa shape index (κ1) is 20.2. The Morgan fingerprint density at radius 2 is 1.47 bits per heavy atom. The van der Waals surface area contributed by atoms with Crippen LogP contribution in [-0.4, -0.2) is 19.2 Å². The molecule has 154 valence electrons. The van der Waals surface area contributed by atoms with Crippen LogP contribution in [0.2, 0.25) is 0 Å². The number of furan rings is 3. The second kappa shape index (κ2) is 8.37. The monoisotopic (exact) mass is 489 g/mol. The predicted molar refractivity (Wildman–Crippen MR) is 109 cm³/mol. The van der Waals surface area contributed by atoms with E-state index in [1.165, 1.54) is 41.7 Å². The van der Waals surface area contributed by atoms with Crippen molar-refractivity contribution in [3.63, 3.8) is 0 Å². The molecule has 30 heavy (non-hydrogen) atoms. The molecule has 0 aliphatic carbocycles. The molecule has 0 aliphatic heterocycles. The lowest BCUT2D eigenvalue weighted by Crippen LogP contribution is -2.29. The standard InChI is InChI=1S/C21H16BrNO6S/c22-15-5-7-18(8-6-15)30(25,26)20-10-9-19(29-20)21(24)23(13-16-3-1-11-27-16)14-17-4-2-12-28-17/h1-12H,13-14H2. The normalized spacial score (nSPS) is 11.5. The molecule has 0 fully saturated rings. The topological polar surface area (TPSA) is 93.9 Å². The highest BCUT2D eigenvalue weighted by Crippen LogP contribution is 2.25. The highest BCUT2D eigenvalue weighted by atomic mass is 79.9. The number of benzene rings is 1. The molecule has 0 saturated heterocycles. The van der Waals surface area contributed by atoms with Crippen molar-refractivity contribution < 1.29 is 26.5 Å². The molecule has 1 amide bonds. The fourth-order valence-electron chi connectivity index (χ4n) is 2.85. The Labute approximate surface area is 180 Å². The first-order chi connectivity index (χ1) is 14.4. The van der Waals surface area contributed by atoms with Gasteiger partial charge in [0.25, 0.3) is 5.91 Å². The van der Waals surface area contributed by atoms with Crippen molar-refractivity contribution in [1.82, 2.24) is 4.90 Å². The number of carbonyl (C=O) groups excluding carboxylic acids is 1. The average molecular weight is 490 g/mol. The maximum absolute atomic E-state index is 13.1. The third-order valence-electron chi connectivity index (χ3n) is 4.32. The van der Waals surface area contributed by atoms with Crippen LogP contribution < -0.4 is 0 Å². The summed E-state index contributed by atoms with van der Waals surface area (Å²) in [7, 11) is -3.89. The van der Waals surface area contributed by atoms with E-state index in [1.54, 1.807) is 36.4 Å². The molecule has 7 nitrogen and oxygen atoms in total. The molecule has 9 heteroatoms. The van der Waals surface area contributed by atoms with Gasteiger partial charge >= 0.3 is 0 Å². The van der Waals surface area contributed by atoms with E-state index < -0.39 is 15.7 Å². The minimum atomic E-state index is -3.89. The Bertz CT molecular complexity index is 1190. The number of hydrogen-bond donors (Lipinski definition) is 0. The molecular weight excluding hydrogens is 474 g/mol. The SMILES string of the molecule is O=C(c1ccc(S(=O)(=O)c2ccc(Br)cc2)o1)N(Cc1ccco1)Cc1ccco1. The van der Waals surface area contributed by atoms with Crippen LogP contribution in [0, 0.1) is 0 Å². The molecule has 0 atom stereocenters. The van der Waals surface area contributed by atoms with Gasteiger partial charge in [0.15, 0.2) is 5.76 Å². The predicted octanol–water partition coefficient (Wildman–Crippen LogP) is 4.90. The Morgan fingerprint density at radius 3 is 2.00 bits per heavy atom. The van der Waals surface area contributed by atoms with Gasteiger partial charge in [-0.2, -0.15) is 0 Å². The summed E-state index contributed by atoms with van der Waals surface area (Å²) in [6.45, 7) is 0.337. The molecule has 3 heterocycles. The summed E-state index contributed by atoms with van der Waals surface area (Å²) < 4.78 is 42.5. The molecule has 0 N–H and O–H groups in total. The second-order valence-corrected chi connectivity index (χ2v) is 9.19. The molecule has 4 rings (SSSR count). The Hall–Kier alpha value is -3.04. The largest absolute Gasteiger partial charge is 0.467 e. The van der Waals surface area contributed by atoms with Crippen LogP contribution >= 0.6 is 15.9 Å². The summed E-state index contributed by atoms with van der Waals surface area (Å²) in [5.74, 6) is 0.567. The Kier molecular flexibility index (Phi) is 5.65. The van der Waals surface area contributed by atoms with Gasteiger partial charge < -0.3 is 18.2 Å². The zero-order chi connectivity index (χ0) is 21.1. The molecule has 0 aliphatic rings. The van der Waals surface area contributed by atoms with E-state index in [-0.39, 0.29) is 28.8 Å². The summed E-state index contributed by atoms with van der Waals surface area (Å²) in [5, 5.41) is -0.302. The van der Waals surface area contributed by atoms with Crippen molar-refractivity contribution in [2.75, 3.05) is 0 Å². The van der Waals surface area contributed by atoms with Gasteiger partial charge in [0.1, 0.15) is 11.5 Å². The van der Waals surface area contributed by atoms with Crippen LogP contribution in [-0.2, 0) is 22.9 Å². The van der Waals surface area contributed by atoms with Crippen molar-refractivity contribution >= 4 is 31.7 Å². The molecule has 0 unspecified atom stereocenters. The number of sulfone groups is 1. The smallest absolute Gasteiger partial charge is 0.290 e. The van der Waals surface area contributed by atoms with Crippen LogP contribution in [0.3, 0.4) is 0 Å². The number of amides is 1. The van der Waals surface area contributed by atoms with E-state index in [0.717, 1.165) is 4.47 Å². The zero-order valence-corrected chi connectivity index (χ0v) is 17.9. The van der Waals surface area contributed by atoms with Crippen molar-refractivity contribution in [1.29, 1.82) is 0 Å². The van der Waals surface area contributed by atoms with Gasteiger partial charge in [0.05, 0.1) is 30.5 Å². The van der Waals surface area contributed by atoms with Gasteiger partial charge in [-0.1, -0.05) is 15.9 Å². The summed E-state index contributed by atoms with van der Waals surface area (Å²) >= 11 is 3.27. The quantitative estimate of drug-likeness (QED) is 0.366. The number of carbonyl (C=O) groups is 1. The molecule has 0 saturated carbocycles. The lowest BCUT2D eigenvalue weighted by Gasteiger charge is -2.19. The Morgan fingerprint density at radius 1 is 0.867 bits per heavy atom. The van der Waals surface area contributed by atoms with Gasteiger partial charge in [0, 0.05) is 4.47 Å². The van der Waals surface area contributed by atoms with Crippen LogP contribution in [0.5, 0.6) is 0 Å². The first-order valence-electron chi connectivity index (χ1n) is 8.88. The number of hydrogen-bond acceptors (Lipinski definition) is 6. The Balaban J connectivity index is 1.61. The second-order valence-electron chi connectivity index (χ2n) is 6.40. The molecule has 0 radical (unpaired) electrons. The molecule has 0 spiro atoms. The third kappa shape index (κ3) is 4.27. The third-order valence-corrected chi connectivity index (χ3v) is 6.49.